The second-order valence-corrected chi connectivity index (χ2v) is 5.30. The van der Waals surface area contributed by atoms with Crippen LogP contribution in [-0.4, -0.2) is 19.1 Å². The predicted molar refractivity (Wildman–Crippen MR) is 77.7 cm³/mol. The van der Waals surface area contributed by atoms with E-state index in [-0.39, 0.29) is 0 Å². The van der Waals surface area contributed by atoms with Crippen molar-refractivity contribution in [2.75, 3.05) is 13.1 Å². The Morgan fingerprint density at radius 1 is 1.22 bits per heavy atom. The molecule has 0 amide bonds. The van der Waals surface area contributed by atoms with Gasteiger partial charge in [0.25, 0.3) is 0 Å². The Balaban J connectivity index is 1.97. The molecule has 1 aromatic carbocycles. The van der Waals surface area contributed by atoms with Gasteiger partial charge in [-0.3, -0.25) is 0 Å². The number of hydrogen-bond donors (Lipinski definition) is 2. The molecule has 2 nitrogen and oxygen atoms in total. The largest absolute Gasteiger partial charge is 0.317 e. The van der Waals surface area contributed by atoms with E-state index in [9.17, 15) is 0 Å². The normalized spacial score (nSPS) is 22.4. The smallest absolute Gasteiger partial charge is 0.0322 e. The summed E-state index contributed by atoms with van der Waals surface area (Å²) >= 11 is 0. The Labute approximate surface area is 111 Å². The molecular formula is C16H26N2. The highest BCUT2D eigenvalue weighted by atomic mass is 15.0. The van der Waals surface area contributed by atoms with Gasteiger partial charge in [0.15, 0.2) is 0 Å². The van der Waals surface area contributed by atoms with Gasteiger partial charge in [0.1, 0.15) is 0 Å². The molecule has 1 heterocycles. The molecule has 2 rings (SSSR count). The maximum atomic E-state index is 3.87. The van der Waals surface area contributed by atoms with Crippen LogP contribution in [0.1, 0.15) is 50.6 Å². The summed E-state index contributed by atoms with van der Waals surface area (Å²) in [6.45, 7) is 4.61. The molecule has 2 atom stereocenters. The summed E-state index contributed by atoms with van der Waals surface area (Å²) in [5, 5.41) is 7.36. The van der Waals surface area contributed by atoms with Crippen LogP contribution < -0.4 is 10.6 Å². The Kier molecular flexibility index (Phi) is 5.69. The minimum Gasteiger partial charge on any atom is -0.317 e. The second-order valence-electron chi connectivity index (χ2n) is 5.30. The topological polar surface area (TPSA) is 24.1 Å². The van der Waals surface area contributed by atoms with Crippen LogP contribution in [0.5, 0.6) is 0 Å². The summed E-state index contributed by atoms with van der Waals surface area (Å²) < 4.78 is 0. The van der Waals surface area contributed by atoms with Crippen LogP contribution in [0.2, 0.25) is 0 Å². The Bertz CT molecular complexity index is 315. The predicted octanol–water partition coefficient (Wildman–Crippen LogP) is 3.26. The molecule has 100 valence electrons. The van der Waals surface area contributed by atoms with E-state index >= 15 is 0 Å². The summed E-state index contributed by atoms with van der Waals surface area (Å²) in [4.78, 5) is 0. The van der Waals surface area contributed by atoms with E-state index in [1.54, 1.807) is 0 Å². The molecule has 1 aromatic rings. The minimum absolute atomic E-state index is 0.527. The molecule has 0 bridgehead atoms. The molecular weight excluding hydrogens is 220 g/mol. The zero-order valence-corrected chi connectivity index (χ0v) is 11.5. The van der Waals surface area contributed by atoms with Crippen LogP contribution in [-0.2, 0) is 0 Å². The Morgan fingerprint density at radius 3 is 2.83 bits per heavy atom. The third-order valence-corrected chi connectivity index (χ3v) is 3.79. The summed E-state index contributed by atoms with van der Waals surface area (Å²) in [6.07, 6.45) is 6.32. The molecule has 0 radical (unpaired) electrons. The summed E-state index contributed by atoms with van der Waals surface area (Å²) in [5.41, 5.74) is 1.44. The van der Waals surface area contributed by atoms with Gasteiger partial charge >= 0.3 is 0 Å². The van der Waals surface area contributed by atoms with Crippen molar-refractivity contribution in [2.24, 2.45) is 0 Å². The first-order chi connectivity index (χ1) is 8.90. The van der Waals surface area contributed by atoms with E-state index in [1.165, 1.54) is 44.2 Å². The van der Waals surface area contributed by atoms with Crippen LogP contribution in [0.4, 0.5) is 0 Å². The third-order valence-electron chi connectivity index (χ3n) is 3.79. The molecule has 0 aromatic heterocycles. The monoisotopic (exact) mass is 246 g/mol. The van der Waals surface area contributed by atoms with E-state index in [0.29, 0.717) is 12.1 Å². The minimum atomic E-state index is 0.527. The average molecular weight is 246 g/mol. The Morgan fingerprint density at radius 2 is 2.06 bits per heavy atom. The van der Waals surface area contributed by atoms with Crippen LogP contribution in [0.25, 0.3) is 0 Å². The van der Waals surface area contributed by atoms with Crippen LogP contribution in [0.3, 0.4) is 0 Å². The number of nitrogens with one attached hydrogen (secondary N) is 2. The van der Waals surface area contributed by atoms with Gasteiger partial charge in [-0.15, -0.1) is 0 Å². The maximum Gasteiger partial charge on any atom is 0.0322 e. The molecule has 0 aliphatic carbocycles. The molecule has 18 heavy (non-hydrogen) atoms. The van der Waals surface area contributed by atoms with Crippen molar-refractivity contribution in [1.82, 2.24) is 10.6 Å². The molecule has 1 aliphatic heterocycles. The van der Waals surface area contributed by atoms with Crippen molar-refractivity contribution in [2.45, 2.75) is 51.1 Å². The van der Waals surface area contributed by atoms with Crippen molar-refractivity contribution in [1.29, 1.82) is 0 Å². The lowest BCUT2D eigenvalue weighted by atomic mass is 9.99. The maximum absolute atomic E-state index is 3.87. The van der Waals surface area contributed by atoms with E-state index < -0.39 is 0 Å². The van der Waals surface area contributed by atoms with Crippen molar-refractivity contribution in [3.8, 4) is 0 Å². The van der Waals surface area contributed by atoms with Gasteiger partial charge < -0.3 is 10.6 Å². The number of rotatable bonds is 5. The zero-order valence-electron chi connectivity index (χ0n) is 11.5. The summed E-state index contributed by atoms with van der Waals surface area (Å²) in [7, 11) is 0. The quantitative estimate of drug-likeness (QED) is 0.833. The first-order valence-corrected chi connectivity index (χ1v) is 7.42. The third kappa shape index (κ3) is 4.11. The number of benzene rings is 1. The number of hydrogen-bond acceptors (Lipinski definition) is 2. The van der Waals surface area contributed by atoms with Gasteiger partial charge in [0, 0.05) is 12.1 Å². The first-order valence-electron chi connectivity index (χ1n) is 7.42. The van der Waals surface area contributed by atoms with Gasteiger partial charge in [-0.2, -0.15) is 0 Å². The highest BCUT2D eigenvalue weighted by Gasteiger charge is 2.17. The first kappa shape index (κ1) is 13.6. The summed E-state index contributed by atoms with van der Waals surface area (Å²) in [6, 6.07) is 12.1. The molecule has 2 N–H and O–H groups in total. The SMILES string of the molecule is CCCC(NC1CCCNCC1)c1ccccc1. The lowest BCUT2D eigenvalue weighted by Gasteiger charge is -2.25. The van der Waals surface area contributed by atoms with E-state index in [1.807, 2.05) is 0 Å². The fourth-order valence-corrected chi connectivity index (χ4v) is 2.79. The van der Waals surface area contributed by atoms with E-state index in [4.69, 9.17) is 0 Å². The second kappa shape index (κ2) is 7.55. The van der Waals surface area contributed by atoms with E-state index in [2.05, 4.69) is 47.9 Å². The molecule has 0 saturated carbocycles. The molecule has 1 fully saturated rings. The van der Waals surface area contributed by atoms with Crippen molar-refractivity contribution < 1.29 is 0 Å². The summed E-state index contributed by atoms with van der Waals surface area (Å²) in [5.74, 6) is 0. The van der Waals surface area contributed by atoms with Gasteiger partial charge in [-0.1, -0.05) is 43.7 Å². The lowest BCUT2D eigenvalue weighted by Crippen LogP contribution is -2.33. The van der Waals surface area contributed by atoms with Gasteiger partial charge in [0.05, 0.1) is 0 Å². The Hall–Kier alpha value is -0.860. The van der Waals surface area contributed by atoms with Gasteiger partial charge in [0.2, 0.25) is 0 Å². The molecule has 2 unspecified atom stereocenters. The van der Waals surface area contributed by atoms with Gasteiger partial charge in [-0.25, -0.2) is 0 Å². The van der Waals surface area contributed by atoms with E-state index in [0.717, 1.165) is 6.54 Å². The average Bonchev–Trinajstić information content (AvgIpc) is 2.68. The van der Waals surface area contributed by atoms with Crippen LogP contribution in [0.15, 0.2) is 30.3 Å². The van der Waals surface area contributed by atoms with Gasteiger partial charge in [-0.05, 0) is 44.3 Å². The van der Waals surface area contributed by atoms with Crippen LogP contribution in [0, 0.1) is 0 Å². The van der Waals surface area contributed by atoms with Crippen molar-refractivity contribution >= 4 is 0 Å². The van der Waals surface area contributed by atoms with Crippen LogP contribution >= 0.6 is 0 Å². The lowest BCUT2D eigenvalue weighted by molar-refractivity contribution is 0.388. The highest BCUT2D eigenvalue weighted by molar-refractivity contribution is 5.19. The fourth-order valence-electron chi connectivity index (χ4n) is 2.79. The zero-order chi connectivity index (χ0) is 12.6. The molecule has 2 heteroatoms. The fraction of sp³-hybridized carbons (Fsp3) is 0.625. The molecule has 1 saturated heterocycles. The molecule has 0 spiro atoms. The van der Waals surface area contributed by atoms with Crippen molar-refractivity contribution in [3.63, 3.8) is 0 Å². The van der Waals surface area contributed by atoms with Crippen molar-refractivity contribution in [3.05, 3.63) is 35.9 Å². The standard InChI is InChI=1S/C16H26N2/c1-2-7-16(14-8-4-3-5-9-14)18-15-10-6-12-17-13-11-15/h3-5,8-9,15-18H,2,6-7,10-13H2,1H3. The molecule has 1 aliphatic rings. The highest BCUT2D eigenvalue weighted by Crippen LogP contribution is 2.20.